The number of benzene rings is 2. The predicted octanol–water partition coefficient (Wildman–Crippen LogP) is 2.93. The summed E-state index contributed by atoms with van der Waals surface area (Å²) in [5.74, 6) is -2.42. The van der Waals surface area contributed by atoms with Gasteiger partial charge >= 0.3 is 19.7 Å². The van der Waals surface area contributed by atoms with Crippen LogP contribution in [-0.4, -0.2) is 60.0 Å². The number of carboxylic acid groups (broad SMARTS) is 1. The molecule has 38 heavy (non-hydrogen) atoms. The van der Waals surface area contributed by atoms with E-state index in [4.69, 9.17) is 9.05 Å². The fourth-order valence-corrected chi connectivity index (χ4v) is 5.19. The molecule has 0 saturated heterocycles. The molecule has 1 amide bonds. The summed E-state index contributed by atoms with van der Waals surface area (Å²) in [5, 5.41) is 25.7. The van der Waals surface area contributed by atoms with Crippen molar-refractivity contribution in [2.24, 2.45) is 5.41 Å². The van der Waals surface area contributed by atoms with Gasteiger partial charge in [-0.2, -0.15) is 5.09 Å². The number of aliphatic hydroxyl groups is 1. The lowest BCUT2D eigenvalue weighted by molar-refractivity contribution is -0.143. The Labute approximate surface area is 222 Å². The first kappa shape index (κ1) is 31.0. The monoisotopic (exact) mass is 550 g/mol. The van der Waals surface area contributed by atoms with Crippen LogP contribution in [0.4, 0.5) is 0 Å². The number of carbonyl (C=O) groups is 3. The summed E-state index contributed by atoms with van der Waals surface area (Å²) in [6.45, 7) is 3.88. The Morgan fingerprint density at radius 2 is 1.58 bits per heavy atom. The number of rotatable bonds is 15. The van der Waals surface area contributed by atoms with Crippen molar-refractivity contribution in [2.75, 3.05) is 20.3 Å². The molecule has 0 aliphatic carbocycles. The summed E-state index contributed by atoms with van der Waals surface area (Å²) in [6.07, 6.45) is -1.73. The second-order valence-electron chi connectivity index (χ2n) is 9.59. The van der Waals surface area contributed by atoms with Gasteiger partial charge in [0.15, 0.2) is 0 Å². The van der Waals surface area contributed by atoms with Crippen molar-refractivity contribution in [3.63, 3.8) is 0 Å². The summed E-state index contributed by atoms with van der Waals surface area (Å²) in [7, 11) is -3.17. The zero-order chi connectivity index (χ0) is 28.4. The Hall–Kier alpha value is -3.24. The van der Waals surface area contributed by atoms with E-state index in [0.29, 0.717) is 5.56 Å². The molecular weight excluding hydrogens is 515 g/mol. The molecule has 3 atom stereocenters. The number of methoxy groups -OCH3 is 1. The van der Waals surface area contributed by atoms with Crippen molar-refractivity contribution in [2.45, 2.75) is 45.3 Å². The molecule has 11 nitrogen and oxygen atoms in total. The molecule has 12 heteroatoms. The minimum Gasteiger partial charge on any atom is -0.480 e. The van der Waals surface area contributed by atoms with Crippen LogP contribution in [-0.2, 0) is 34.6 Å². The molecule has 1 unspecified atom stereocenters. The summed E-state index contributed by atoms with van der Waals surface area (Å²) >= 11 is 0. The highest BCUT2D eigenvalue weighted by Gasteiger charge is 2.45. The van der Waals surface area contributed by atoms with E-state index >= 15 is 0 Å². The number of esters is 1. The van der Waals surface area contributed by atoms with Crippen molar-refractivity contribution < 1.29 is 42.9 Å². The molecule has 0 radical (unpaired) electrons. The van der Waals surface area contributed by atoms with Crippen molar-refractivity contribution >= 4 is 25.6 Å². The van der Waals surface area contributed by atoms with Gasteiger partial charge in [-0.15, -0.1) is 0 Å². The molecule has 0 bridgehead atoms. The van der Waals surface area contributed by atoms with Crippen LogP contribution in [0.1, 0.15) is 32.8 Å². The summed E-state index contributed by atoms with van der Waals surface area (Å²) < 4.78 is 29.8. The van der Waals surface area contributed by atoms with Crippen LogP contribution in [0.3, 0.4) is 0 Å². The van der Waals surface area contributed by atoms with Gasteiger partial charge in [0.25, 0.3) is 0 Å². The van der Waals surface area contributed by atoms with Gasteiger partial charge in [0.05, 0.1) is 20.1 Å². The number of hydrogen-bond acceptors (Lipinski definition) is 8. The first-order valence-corrected chi connectivity index (χ1v) is 13.4. The number of nitrogens with one attached hydrogen (secondary N) is 2. The molecule has 2 rings (SSSR count). The molecule has 4 N–H and O–H groups in total. The molecule has 0 fully saturated rings. The number of carboxylic acids is 1. The number of aliphatic carboxylic acids is 1. The second-order valence-corrected chi connectivity index (χ2v) is 11.3. The molecule has 2 aromatic carbocycles. The normalized spacial score (nSPS) is 15.4. The standard InChI is InChI=1S/C26H35N2O9P/c1-25(2,22(30)23(31)27-16-15-21(29)35-4)18-36-38(34,37-20-13-9-6-10-14-20)28-26(3,24(32)33)17-19-11-7-5-8-12-19/h5-14,22,30H,15-18H2,1-4H3,(H,27,31)(H,28,34)(H,32,33)/t22-,26-,38?/m0/s1. The van der Waals surface area contributed by atoms with E-state index in [0.717, 1.165) is 0 Å². The van der Waals surface area contributed by atoms with E-state index in [1.54, 1.807) is 48.5 Å². The number of para-hydroxylation sites is 1. The number of carbonyl (C=O) groups excluding carboxylic acids is 2. The third-order valence-electron chi connectivity index (χ3n) is 5.68. The van der Waals surface area contributed by atoms with Crippen LogP contribution in [0.2, 0.25) is 0 Å². The third kappa shape index (κ3) is 9.25. The van der Waals surface area contributed by atoms with Crippen molar-refractivity contribution in [1.82, 2.24) is 10.4 Å². The van der Waals surface area contributed by atoms with Gasteiger partial charge in [-0.05, 0) is 24.6 Å². The van der Waals surface area contributed by atoms with Gasteiger partial charge in [-0.3, -0.25) is 18.9 Å². The minimum atomic E-state index is -4.39. The lowest BCUT2D eigenvalue weighted by Crippen LogP contribution is -2.51. The van der Waals surface area contributed by atoms with Crippen LogP contribution in [0.5, 0.6) is 5.75 Å². The van der Waals surface area contributed by atoms with E-state index < -0.39 is 49.3 Å². The summed E-state index contributed by atoms with van der Waals surface area (Å²) in [6, 6.07) is 16.9. The number of hydrogen-bond donors (Lipinski definition) is 4. The quantitative estimate of drug-likeness (QED) is 0.192. The topological polar surface area (TPSA) is 160 Å². The maximum absolute atomic E-state index is 14.0. The molecule has 0 aliphatic heterocycles. The van der Waals surface area contributed by atoms with Crippen molar-refractivity contribution in [3.8, 4) is 5.75 Å². The van der Waals surface area contributed by atoms with Crippen LogP contribution in [0.15, 0.2) is 60.7 Å². The van der Waals surface area contributed by atoms with E-state index in [9.17, 15) is 29.2 Å². The molecule has 0 spiro atoms. The Kier molecular flexibility index (Phi) is 11.0. The smallest absolute Gasteiger partial charge is 0.459 e. The van der Waals surface area contributed by atoms with Gasteiger partial charge in [-0.1, -0.05) is 62.4 Å². The fourth-order valence-electron chi connectivity index (χ4n) is 3.34. The Bertz CT molecular complexity index is 1130. The largest absolute Gasteiger partial charge is 0.480 e. The molecule has 208 valence electrons. The summed E-state index contributed by atoms with van der Waals surface area (Å²) in [5.41, 5.74) is -2.37. The highest BCUT2D eigenvalue weighted by molar-refractivity contribution is 7.52. The molecular formula is C26H35N2O9P. The number of aliphatic hydroxyl groups excluding tert-OH is 1. The lowest BCUT2D eigenvalue weighted by Gasteiger charge is -2.34. The van der Waals surface area contributed by atoms with E-state index in [1.165, 1.54) is 40.0 Å². The zero-order valence-corrected chi connectivity index (χ0v) is 22.8. The maximum atomic E-state index is 14.0. The molecule has 0 aliphatic rings. The van der Waals surface area contributed by atoms with Gasteiger partial charge in [0, 0.05) is 18.4 Å². The van der Waals surface area contributed by atoms with Crippen LogP contribution in [0.25, 0.3) is 0 Å². The molecule has 0 saturated carbocycles. The highest BCUT2D eigenvalue weighted by atomic mass is 31.2. The number of amides is 1. The number of ether oxygens (including phenoxy) is 1. The molecule has 0 aromatic heterocycles. The predicted molar refractivity (Wildman–Crippen MR) is 139 cm³/mol. The average molecular weight is 551 g/mol. The van der Waals surface area contributed by atoms with Crippen molar-refractivity contribution in [3.05, 3.63) is 66.2 Å². The maximum Gasteiger partial charge on any atom is 0.459 e. The fraction of sp³-hybridized carbons (Fsp3) is 0.423. The van der Waals surface area contributed by atoms with E-state index in [1.807, 2.05) is 0 Å². The average Bonchev–Trinajstić information content (AvgIpc) is 2.88. The lowest BCUT2D eigenvalue weighted by atomic mass is 9.87. The Morgan fingerprint density at radius 3 is 2.13 bits per heavy atom. The zero-order valence-electron chi connectivity index (χ0n) is 21.9. The van der Waals surface area contributed by atoms with Crippen LogP contribution in [0, 0.1) is 5.41 Å². The van der Waals surface area contributed by atoms with E-state index in [-0.39, 0.29) is 25.1 Å². The second kappa shape index (κ2) is 13.5. The molecule has 2 aromatic rings. The van der Waals surface area contributed by atoms with Gasteiger partial charge < -0.3 is 24.8 Å². The summed E-state index contributed by atoms with van der Waals surface area (Å²) in [4.78, 5) is 36.0. The first-order chi connectivity index (χ1) is 17.8. The minimum absolute atomic E-state index is 0.0384. The SMILES string of the molecule is COC(=O)CCNC(=O)[C@H](O)C(C)(C)COP(=O)(N[C@@](C)(Cc1ccccc1)C(=O)O)Oc1ccccc1. The molecule has 0 heterocycles. The van der Waals surface area contributed by atoms with Gasteiger partial charge in [-0.25, -0.2) is 4.57 Å². The van der Waals surface area contributed by atoms with Crippen LogP contribution < -0.4 is 14.9 Å². The van der Waals surface area contributed by atoms with Gasteiger partial charge in [0.1, 0.15) is 17.4 Å². The van der Waals surface area contributed by atoms with E-state index in [2.05, 4.69) is 15.1 Å². The van der Waals surface area contributed by atoms with Crippen LogP contribution >= 0.6 is 7.75 Å². The Balaban J connectivity index is 2.23. The first-order valence-electron chi connectivity index (χ1n) is 11.9. The van der Waals surface area contributed by atoms with Crippen molar-refractivity contribution in [1.29, 1.82) is 0 Å². The third-order valence-corrected chi connectivity index (χ3v) is 7.36. The van der Waals surface area contributed by atoms with Gasteiger partial charge in [0.2, 0.25) is 5.91 Å². The Morgan fingerprint density at radius 1 is 1.00 bits per heavy atom. The highest BCUT2D eigenvalue weighted by Crippen LogP contribution is 2.48.